The number of carbonyl (C=O) groups is 4. The van der Waals surface area contributed by atoms with E-state index in [1.54, 1.807) is 0 Å². The standard InChI is InChI=1S/C13H20N2O8/c1-22-9(18)7(5-16)14-11(20)13(3-4-13)12(21)15-8(6-17)10(19)23-2/h7-8,16-17H,3-6H2,1-2H3,(H,14,20)(H,15,21)/t7-,8-/m0/s1. The lowest BCUT2D eigenvalue weighted by Crippen LogP contribution is -2.53. The van der Waals surface area contributed by atoms with Gasteiger partial charge < -0.3 is 30.3 Å². The van der Waals surface area contributed by atoms with Gasteiger partial charge in [0.25, 0.3) is 0 Å². The second-order valence-electron chi connectivity index (χ2n) is 5.05. The van der Waals surface area contributed by atoms with Gasteiger partial charge in [0, 0.05) is 0 Å². The maximum absolute atomic E-state index is 12.2. The number of aliphatic hydroxyl groups excluding tert-OH is 2. The molecule has 0 unspecified atom stereocenters. The van der Waals surface area contributed by atoms with Crippen molar-refractivity contribution < 1.29 is 38.9 Å². The van der Waals surface area contributed by atoms with Crippen molar-refractivity contribution >= 4 is 23.8 Å². The lowest BCUT2D eigenvalue weighted by molar-refractivity contribution is -0.150. The summed E-state index contributed by atoms with van der Waals surface area (Å²) in [6, 6.07) is -2.57. The second-order valence-corrected chi connectivity index (χ2v) is 5.05. The van der Waals surface area contributed by atoms with Crippen molar-refractivity contribution in [2.24, 2.45) is 5.41 Å². The number of esters is 2. The maximum Gasteiger partial charge on any atom is 0.330 e. The molecule has 1 aliphatic carbocycles. The van der Waals surface area contributed by atoms with Gasteiger partial charge in [0.1, 0.15) is 5.41 Å². The van der Waals surface area contributed by atoms with Gasteiger partial charge in [0.2, 0.25) is 11.8 Å². The van der Waals surface area contributed by atoms with Crippen LogP contribution in [-0.4, -0.2) is 73.5 Å². The first-order valence-electron chi connectivity index (χ1n) is 6.85. The number of ether oxygens (including phenoxy) is 2. The van der Waals surface area contributed by atoms with E-state index in [2.05, 4.69) is 20.1 Å². The molecule has 2 atom stereocenters. The monoisotopic (exact) mass is 332 g/mol. The molecule has 10 heteroatoms. The van der Waals surface area contributed by atoms with Crippen LogP contribution in [0.1, 0.15) is 12.8 Å². The van der Waals surface area contributed by atoms with Crippen LogP contribution in [0.25, 0.3) is 0 Å². The zero-order chi connectivity index (χ0) is 17.6. The molecule has 0 aromatic rings. The van der Waals surface area contributed by atoms with Crippen molar-refractivity contribution in [3.8, 4) is 0 Å². The van der Waals surface area contributed by atoms with Gasteiger partial charge in [0.05, 0.1) is 27.4 Å². The van der Waals surface area contributed by atoms with Crippen molar-refractivity contribution in [1.29, 1.82) is 0 Å². The Hall–Kier alpha value is -2.20. The average molecular weight is 332 g/mol. The zero-order valence-corrected chi connectivity index (χ0v) is 12.8. The molecule has 0 spiro atoms. The summed E-state index contributed by atoms with van der Waals surface area (Å²) in [6.07, 6.45) is 0.423. The highest BCUT2D eigenvalue weighted by molar-refractivity contribution is 6.09. The quantitative estimate of drug-likeness (QED) is 0.272. The summed E-state index contributed by atoms with van der Waals surface area (Å²) >= 11 is 0. The second kappa shape index (κ2) is 7.88. The Morgan fingerprint density at radius 2 is 1.26 bits per heavy atom. The Kier molecular flexibility index (Phi) is 6.46. The first-order chi connectivity index (χ1) is 10.9. The summed E-state index contributed by atoms with van der Waals surface area (Å²) < 4.78 is 8.83. The van der Waals surface area contributed by atoms with Gasteiger partial charge >= 0.3 is 11.9 Å². The number of hydrogen-bond acceptors (Lipinski definition) is 8. The fourth-order valence-corrected chi connectivity index (χ4v) is 1.92. The normalized spacial score (nSPS) is 17.4. The van der Waals surface area contributed by atoms with E-state index in [1.807, 2.05) is 0 Å². The number of amides is 2. The fraction of sp³-hybridized carbons (Fsp3) is 0.692. The average Bonchev–Trinajstić information content (AvgIpc) is 3.37. The minimum Gasteiger partial charge on any atom is -0.467 e. The molecule has 0 heterocycles. The van der Waals surface area contributed by atoms with Crippen LogP contribution in [0.15, 0.2) is 0 Å². The predicted molar refractivity (Wildman–Crippen MR) is 73.7 cm³/mol. The topological polar surface area (TPSA) is 151 Å². The highest BCUT2D eigenvalue weighted by Gasteiger charge is 2.57. The van der Waals surface area contributed by atoms with Crippen LogP contribution in [0.3, 0.4) is 0 Å². The zero-order valence-electron chi connectivity index (χ0n) is 12.8. The molecule has 0 aliphatic heterocycles. The Balaban J connectivity index is 2.74. The summed E-state index contributed by atoms with van der Waals surface area (Å²) in [6.45, 7) is -1.37. The van der Waals surface area contributed by atoms with Gasteiger partial charge in [-0.15, -0.1) is 0 Å². The molecule has 1 fully saturated rings. The van der Waals surface area contributed by atoms with E-state index in [4.69, 9.17) is 10.2 Å². The molecular formula is C13H20N2O8. The van der Waals surface area contributed by atoms with Crippen LogP contribution in [0.5, 0.6) is 0 Å². The highest BCUT2D eigenvalue weighted by atomic mass is 16.5. The molecule has 0 radical (unpaired) electrons. The van der Waals surface area contributed by atoms with Crippen LogP contribution in [0.4, 0.5) is 0 Å². The summed E-state index contributed by atoms with van der Waals surface area (Å²) in [4.78, 5) is 47.1. The smallest absolute Gasteiger partial charge is 0.330 e. The van der Waals surface area contributed by atoms with Crippen molar-refractivity contribution in [3.05, 3.63) is 0 Å². The van der Waals surface area contributed by atoms with E-state index in [0.717, 1.165) is 14.2 Å². The fourth-order valence-electron chi connectivity index (χ4n) is 1.92. The third kappa shape index (κ3) is 4.17. The van der Waals surface area contributed by atoms with Crippen molar-refractivity contribution in [2.45, 2.75) is 24.9 Å². The minimum atomic E-state index is -1.44. The Bertz CT molecular complexity index is 448. The molecule has 130 valence electrons. The maximum atomic E-state index is 12.2. The third-order valence-electron chi connectivity index (χ3n) is 3.57. The number of aliphatic hydroxyl groups is 2. The summed E-state index contributed by atoms with van der Waals surface area (Å²) in [7, 11) is 2.19. The Morgan fingerprint density at radius 1 is 0.913 bits per heavy atom. The summed E-state index contributed by atoms with van der Waals surface area (Å²) in [5, 5.41) is 22.6. The lowest BCUT2D eigenvalue weighted by Gasteiger charge is -2.21. The molecule has 0 bridgehead atoms. The van der Waals surface area contributed by atoms with E-state index in [1.165, 1.54) is 0 Å². The van der Waals surface area contributed by atoms with Crippen LogP contribution in [0, 0.1) is 5.41 Å². The van der Waals surface area contributed by atoms with E-state index >= 15 is 0 Å². The van der Waals surface area contributed by atoms with Gasteiger partial charge in [-0.3, -0.25) is 9.59 Å². The Morgan fingerprint density at radius 3 is 1.48 bits per heavy atom. The molecule has 1 saturated carbocycles. The van der Waals surface area contributed by atoms with Crippen LogP contribution >= 0.6 is 0 Å². The van der Waals surface area contributed by atoms with Crippen LogP contribution in [0.2, 0.25) is 0 Å². The molecule has 0 aromatic heterocycles. The number of carbonyl (C=O) groups excluding carboxylic acids is 4. The predicted octanol–water partition coefficient (Wildman–Crippen LogP) is -2.93. The molecule has 23 heavy (non-hydrogen) atoms. The van der Waals surface area contributed by atoms with Gasteiger partial charge in [-0.05, 0) is 12.8 Å². The van der Waals surface area contributed by atoms with Crippen LogP contribution in [-0.2, 0) is 28.7 Å². The van der Waals surface area contributed by atoms with Crippen molar-refractivity contribution in [2.75, 3.05) is 27.4 Å². The number of nitrogens with one attached hydrogen (secondary N) is 2. The van der Waals surface area contributed by atoms with Gasteiger partial charge in [0.15, 0.2) is 12.1 Å². The SMILES string of the molecule is COC(=O)[C@H](CO)NC(=O)C1(C(=O)N[C@@H](CO)C(=O)OC)CC1. The molecule has 2 amide bonds. The van der Waals surface area contributed by atoms with Gasteiger partial charge in [-0.2, -0.15) is 0 Å². The minimum absolute atomic E-state index is 0.212. The molecular weight excluding hydrogens is 312 g/mol. The number of hydrogen-bond donors (Lipinski definition) is 4. The molecule has 4 N–H and O–H groups in total. The third-order valence-corrected chi connectivity index (χ3v) is 3.57. The summed E-state index contributed by atoms with van der Waals surface area (Å²) in [5.74, 6) is -3.22. The lowest BCUT2D eigenvalue weighted by atomic mass is 10.0. The van der Waals surface area contributed by atoms with Gasteiger partial charge in [-0.1, -0.05) is 0 Å². The number of methoxy groups -OCH3 is 2. The highest BCUT2D eigenvalue weighted by Crippen LogP contribution is 2.46. The van der Waals surface area contributed by atoms with Crippen molar-refractivity contribution in [1.82, 2.24) is 10.6 Å². The molecule has 1 aliphatic rings. The molecule has 0 saturated heterocycles. The van der Waals surface area contributed by atoms with E-state index < -0.39 is 54.5 Å². The van der Waals surface area contributed by atoms with E-state index in [0.29, 0.717) is 0 Å². The molecule has 0 aromatic carbocycles. The Labute approximate surface area is 132 Å². The first kappa shape index (κ1) is 18.8. The van der Waals surface area contributed by atoms with Crippen molar-refractivity contribution in [3.63, 3.8) is 0 Å². The van der Waals surface area contributed by atoms with Gasteiger partial charge in [-0.25, -0.2) is 9.59 Å². The van der Waals surface area contributed by atoms with E-state index in [9.17, 15) is 19.2 Å². The molecule has 10 nitrogen and oxygen atoms in total. The van der Waals surface area contributed by atoms with Crippen LogP contribution < -0.4 is 10.6 Å². The largest absolute Gasteiger partial charge is 0.467 e. The summed E-state index contributed by atoms with van der Waals surface area (Å²) in [5.41, 5.74) is -1.44. The molecule has 1 rings (SSSR count). The number of rotatable bonds is 8. The first-order valence-corrected chi connectivity index (χ1v) is 6.85. The van der Waals surface area contributed by atoms with E-state index in [-0.39, 0.29) is 12.8 Å².